The summed E-state index contributed by atoms with van der Waals surface area (Å²) in [6.07, 6.45) is 7.70. The van der Waals surface area contributed by atoms with Crippen molar-refractivity contribution in [3.8, 4) is 0 Å². The Bertz CT molecular complexity index is 86.6. The summed E-state index contributed by atoms with van der Waals surface area (Å²) in [5.41, 5.74) is 0. The number of unbranched alkanes of at least 4 members (excludes halogenated alkanes) is 4. The lowest BCUT2D eigenvalue weighted by molar-refractivity contribution is 0.619. The molecule has 0 saturated heterocycles. The van der Waals surface area contributed by atoms with E-state index in [4.69, 9.17) is 23.2 Å². The molecule has 0 atom stereocenters. The van der Waals surface area contributed by atoms with Crippen LogP contribution in [0.1, 0.15) is 38.5 Å². The number of halogens is 2. The van der Waals surface area contributed by atoms with Crippen LogP contribution in [-0.2, 0) is 0 Å². The maximum atomic E-state index is 5.61. The van der Waals surface area contributed by atoms with Crippen LogP contribution in [0.5, 0.6) is 0 Å². The van der Waals surface area contributed by atoms with Crippen molar-refractivity contribution >= 4 is 32.7 Å². The van der Waals surface area contributed by atoms with Crippen LogP contribution in [0.15, 0.2) is 0 Å². The molecular formula is C9H20Cl2Si. The molecule has 0 rings (SSSR count). The van der Waals surface area contributed by atoms with E-state index in [1.165, 1.54) is 38.1 Å². The third kappa shape index (κ3) is 10.8. The maximum absolute atomic E-state index is 5.61. The van der Waals surface area contributed by atoms with Gasteiger partial charge in [0.25, 0.3) is 0 Å². The molecule has 0 amide bonds. The van der Waals surface area contributed by atoms with E-state index in [0.717, 1.165) is 6.42 Å². The molecule has 0 nitrogen and oxygen atoms in total. The summed E-state index contributed by atoms with van der Waals surface area (Å²) in [6.45, 7) is 2.38. The Morgan fingerprint density at radius 1 is 1.00 bits per heavy atom. The van der Waals surface area contributed by atoms with Crippen LogP contribution < -0.4 is 0 Å². The smallest absolute Gasteiger partial charge is 0.105 e. The van der Waals surface area contributed by atoms with Gasteiger partial charge in [-0.3, -0.25) is 0 Å². The topological polar surface area (TPSA) is 0 Å². The van der Waals surface area contributed by atoms with Crippen molar-refractivity contribution in [3.05, 3.63) is 0 Å². The van der Waals surface area contributed by atoms with E-state index in [0.29, 0.717) is 9.52 Å². The molecule has 0 saturated carbocycles. The predicted octanol–water partition coefficient (Wildman–Crippen LogP) is 3.77. The molecule has 0 aliphatic rings. The monoisotopic (exact) mass is 226 g/mol. The highest BCUT2D eigenvalue weighted by Gasteiger charge is 1.97. The zero-order valence-corrected chi connectivity index (χ0v) is 10.9. The van der Waals surface area contributed by atoms with Gasteiger partial charge < -0.3 is 0 Å². The molecule has 0 aromatic heterocycles. The first-order valence-corrected chi connectivity index (χ1v) is 8.34. The van der Waals surface area contributed by atoms with Crippen LogP contribution in [0, 0.1) is 0 Å². The lowest BCUT2D eigenvalue weighted by Gasteiger charge is -2.01. The van der Waals surface area contributed by atoms with Crippen molar-refractivity contribution in [2.75, 3.05) is 0 Å². The van der Waals surface area contributed by atoms with E-state index in [1.54, 1.807) is 0 Å². The lowest BCUT2D eigenvalue weighted by atomic mass is 10.1. The van der Waals surface area contributed by atoms with E-state index in [-0.39, 0.29) is 4.84 Å². The van der Waals surface area contributed by atoms with Crippen molar-refractivity contribution in [2.45, 2.75) is 56.0 Å². The lowest BCUT2D eigenvalue weighted by Crippen LogP contribution is -1.87. The van der Waals surface area contributed by atoms with Gasteiger partial charge in [-0.25, -0.2) is 0 Å². The van der Waals surface area contributed by atoms with Gasteiger partial charge in [-0.2, -0.15) is 0 Å². The second kappa shape index (κ2) is 9.88. The fourth-order valence-corrected chi connectivity index (χ4v) is 2.42. The van der Waals surface area contributed by atoms with E-state index < -0.39 is 0 Å². The second-order valence-corrected chi connectivity index (χ2v) is 6.29. The minimum absolute atomic E-state index is 0.145. The minimum Gasteiger partial charge on any atom is -0.105 e. The molecule has 0 spiro atoms. The minimum atomic E-state index is -0.145. The molecule has 3 heteroatoms. The average molecular weight is 227 g/mol. The second-order valence-electron chi connectivity index (χ2n) is 3.30. The van der Waals surface area contributed by atoms with Gasteiger partial charge in [0.05, 0.1) is 0 Å². The molecule has 0 aliphatic heterocycles. The van der Waals surface area contributed by atoms with Crippen LogP contribution in [-0.4, -0.2) is 14.4 Å². The maximum Gasteiger partial charge on any atom is 0.107 e. The summed E-state index contributed by atoms with van der Waals surface area (Å²) in [5, 5.41) is 0. The van der Waals surface area contributed by atoms with Gasteiger partial charge in [0.15, 0.2) is 0 Å². The molecule has 0 bridgehead atoms. The normalized spacial score (nSPS) is 12.0. The first-order chi connectivity index (χ1) is 5.77. The van der Waals surface area contributed by atoms with E-state index in [1.807, 2.05) is 0 Å². The van der Waals surface area contributed by atoms with Crippen molar-refractivity contribution in [1.82, 2.24) is 0 Å². The largest absolute Gasteiger partial charge is 0.107 e. The summed E-state index contributed by atoms with van der Waals surface area (Å²) in [4.78, 5) is -0.145. The van der Waals surface area contributed by atoms with Crippen molar-refractivity contribution in [1.29, 1.82) is 0 Å². The Morgan fingerprint density at radius 2 is 1.58 bits per heavy atom. The first-order valence-electron chi connectivity index (χ1n) is 5.05. The highest BCUT2D eigenvalue weighted by molar-refractivity contribution is 6.44. The van der Waals surface area contributed by atoms with Gasteiger partial charge in [0.2, 0.25) is 0 Å². The van der Waals surface area contributed by atoms with Crippen LogP contribution >= 0.6 is 23.2 Å². The van der Waals surface area contributed by atoms with Gasteiger partial charge in [-0.15, -0.1) is 23.2 Å². The Hall–Kier alpha value is 0.797. The van der Waals surface area contributed by atoms with E-state index in [2.05, 4.69) is 6.55 Å². The highest BCUT2D eigenvalue weighted by atomic mass is 35.5. The third-order valence-corrected chi connectivity index (χ3v) is 3.67. The quantitative estimate of drug-likeness (QED) is 0.336. The summed E-state index contributed by atoms with van der Waals surface area (Å²) in [7, 11) is 0.319. The van der Waals surface area contributed by atoms with Gasteiger partial charge >= 0.3 is 0 Å². The number of hydrogen-bond acceptors (Lipinski definition) is 0. The Morgan fingerprint density at radius 3 is 2.17 bits per heavy atom. The summed E-state index contributed by atoms with van der Waals surface area (Å²) in [5.74, 6) is 0. The molecule has 0 heterocycles. The standard InChI is InChI=1S/C9H20Cl2Si/c1-12-8-6-4-2-3-5-7-9(10)11/h9H,2-8,12H2,1H3. The zero-order chi connectivity index (χ0) is 9.23. The molecule has 0 aromatic rings. The summed E-state index contributed by atoms with van der Waals surface area (Å²) in [6, 6.07) is 1.52. The van der Waals surface area contributed by atoms with Crippen molar-refractivity contribution in [2.24, 2.45) is 0 Å². The SMILES string of the molecule is C[SiH2]CCCCCCCC(Cl)Cl. The first kappa shape index (κ1) is 12.8. The van der Waals surface area contributed by atoms with Crippen LogP contribution in [0.3, 0.4) is 0 Å². The molecule has 0 unspecified atom stereocenters. The number of hydrogen-bond donors (Lipinski definition) is 0. The van der Waals surface area contributed by atoms with E-state index in [9.17, 15) is 0 Å². The predicted molar refractivity (Wildman–Crippen MR) is 62.4 cm³/mol. The van der Waals surface area contributed by atoms with Gasteiger partial charge in [0, 0.05) is 9.52 Å². The van der Waals surface area contributed by atoms with Gasteiger partial charge in [0.1, 0.15) is 4.84 Å². The molecule has 0 N–H and O–H groups in total. The Labute approximate surface area is 88.8 Å². The third-order valence-electron chi connectivity index (χ3n) is 2.03. The number of alkyl halides is 2. The fourth-order valence-electron chi connectivity index (χ4n) is 1.26. The zero-order valence-electron chi connectivity index (χ0n) is 7.99. The molecule has 0 aliphatic carbocycles. The van der Waals surface area contributed by atoms with Crippen LogP contribution in [0.2, 0.25) is 12.6 Å². The molecule has 0 radical (unpaired) electrons. The van der Waals surface area contributed by atoms with Crippen LogP contribution in [0.25, 0.3) is 0 Å². The van der Waals surface area contributed by atoms with Gasteiger partial charge in [-0.1, -0.05) is 44.7 Å². The number of rotatable bonds is 8. The van der Waals surface area contributed by atoms with Crippen molar-refractivity contribution < 1.29 is 0 Å². The Kier molecular flexibility index (Phi) is 10.5. The van der Waals surface area contributed by atoms with Crippen molar-refractivity contribution in [3.63, 3.8) is 0 Å². The Balaban J connectivity index is 2.82. The molecule has 0 aromatic carbocycles. The molecular weight excluding hydrogens is 207 g/mol. The molecule has 74 valence electrons. The summed E-state index contributed by atoms with van der Waals surface area (Å²) >= 11 is 11.2. The van der Waals surface area contributed by atoms with Crippen LogP contribution in [0.4, 0.5) is 0 Å². The van der Waals surface area contributed by atoms with E-state index >= 15 is 0 Å². The summed E-state index contributed by atoms with van der Waals surface area (Å²) < 4.78 is 0. The molecule has 12 heavy (non-hydrogen) atoms. The molecule has 0 fully saturated rings. The fraction of sp³-hybridized carbons (Fsp3) is 1.00. The van der Waals surface area contributed by atoms with Gasteiger partial charge in [-0.05, 0) is 6.42 Å². The average Bonchev–Trinajstić information content (AvgIpc) is 2.02. The highest BCUT2D eigenvalue weighted by Crippen LogP contribution is 2.13.